The largest absolute Gasteiger partial charge is 0.465 e. The Bertz CT molecular complexity index is 1440. The second-order valence-corrected chi connectivity index (χ2v) is 9.91. The van der Waals surface area contributed by atoms with E-state index in [-0.39, 0.29) is 18.4 Å². The number of carbonyl (C=O) groups is 3. The van der Waals surface area contributed by atoms with Crippen molar-refractivity contribution in [3.63, 3.8) is 0 Å². The highest BCUT2D eigenvalue weighted by Crippen LogP contribution is 2.42. The molecule has 2 atom stereocenters. The van der Waals surface area contributed by atoms with E-state index in [1.807, 2.05) is 47.8 Å². The first-order valence-corrected chi connectivity index (χ1v) is 12.3. The zero-order chi connectivity index (χ0) is 24.1. The van der Waals surface area contributed by atoms with Gasteiger partial charge in [-0.05, 0) is 40.8 Å². The average Bonchev–Trinajstić information content (AvgIpc) is 3.53. The topological polar surface area (TPSA) is 82.7 Å². The smallest absolute Gasteiger partial charge is 0.337 e. The molecule has 2 aliphatic heterocycles. The number of carbonyl (C=O) groups excluding carboxylic acids is 3. The second-order valence-electron chi connectivity index (χ2n) is 8.87. The van der Waals surface area contributed by atoms with Crippen LogP contribution in [0.1, 0.15) is 38.1 Å². The fraction of sp³-hybridized carbons (Fsp3) is 0.222. The minimum absolute atomic E-state index is 0.0369. The highest BCUT2D eigenvalue weighted by molar-refractivity contribution is 7.09. The van der Waals surface area contributed by atoms with E-state index >= 15 is 0 Å². The van der Waals surface area contributed by atoms with E-state index in [0.29, 0.717) is 18.5 Å². The highest BCUT2D eigenvalue weighted by atomic mass is 32.1. The molecule has 0 aliphatic carbocycles. The molecule has 1 N–H and O–H groups in total. The van der Waals surface area contributed by atoms with Crippen LogP contribution in [0.4, 0.5) is 0 Å². The Balaban J connectivity index is 1.45. The SMILES string of the molecule is COC(=O)c1ccc(C2c3[nH]c4ccccc4c3CC3C(=O)N(Cc4cccs4)CC(=O)N32)cc1. The van der Waals surface area contributed by atoms with Crippen molar-refractivity contribution in [2.45, 2.75) is 25.0 Å². The summed E-state index contributed by atoms with van der Waals surface area (Å²) in [6.45, 7) is 0.478. The first-order valence-electron chi connectivity index (χ1n) is 11.4. The van der Waals surface area contributed by atoms with Gasteiger partial charge in [0.05, 0.1) is 25.3 Å². The molecule has 6 rings (SSSR count). The van der Waals surface area contributed by atoms with Gasteiger partial charge in [0, 0.05) is 27.9 Å². The summed E-state index contributed by atoms with van der Waals surface area (Å²) in [6.07, 6.45) is 0.460. The average molecular weight is 486 g/mol. The number of thiophene rings is 1. The third kappa shape index (κ3) is 3.52. The maximum Gasteiger partial charge on any atom is 0.337 e. The molecule has 2 amide bonds. The molecule has 8 heteroatoms. The molecule has 2 aliphatic rings. The van der Waals surface area contributed by atoms with Crippen LogP contribution in [-0.4, -0.2) is 52.3 Å². The standard InChI is InChI=1S/C27H23N3O4S/c1-34-27(33)17-10-8-16(9-11-17)25-24-20(19-6-2-3-7-21(19)28-24)13-22-26(32)29(15-23(31)30(22)25)14-18-5-4-12-35-18/h2-12,22,25,28H,13-15H2,1H3. The normalized spacial score (nSPS) is 19.6. The fourth-order valence-electron chi connectivity index (χ4n) is 5.31. The molecule has 0 bridgehead atoms. The Morgan fingerprint density at radius 3 is 2.63 bits per heavy atom. The Morgan fingerprint density at radius 1 is 1.09 bits per heavy atom. The summed E-state index contributed by atoms with van der Waals surface area (Å²) in [5.41, 5.74) is 4.22. The number of aromatic nitrogens is 1. The van der Waals surface area contributed by atoms with Crippen molar-refractivity contribution in [3.05, 3.63) is 93.3 Å². The maximum absolute atomic E-state index is 13.7. The summed E-state index contributed by atoms with van der Waals surface area (Å²) in [7, 11) is 1.35. The van der Waals surface area contributed by atoms with Gasteiger partial charge >= 0.3 is 5.97 Å². The molecule has 176 valence electrons. The Kier molecular flexibility index (Phi) is 5.18. The van der Waals surface area contributed by atoms with Crippen LogP contribution in [0.15, 0.2) is 66.0 Å². The first-order chi connectivity index (χ1) is 17.0. The molecule has 0 spiro atoms. The van der Waals surface area contributed by atoms with Crippen LogP contribution >= 0.6 is 11.3 Å². The van der Waals surface area contributed by atoms with Gasteiger partial charge in [0.15, 0.2) is 0 Å². The third-order valence-electron chi connectivity index (χ3n) is 6.92. The van der Waals surface area contributed by atoms with Gasteiger partial charge in [0.1, 0.15) is 12.6 Å². The molecule has 1 saturated heterocycles. The van der Waals surface area contributed by atoms with Crippen molar-refractivity contribution in [3.8, 4) is 0 Å². The van der Waals surface area contributed by atoms with Gasteiger partial charge in [0.2, 0.25) is 11.8 Å². The zero-order valence-electron chi connectivity index (χ0n) is 19.1. The molecule has 2 aromatic heterocycles. The number of aromatic amines is 1. The monoisotopic (exact) mass is 485 g/mol. The van der Waals surface area contributed by atoms with Crippen molar-refractivity contribution in [1.82, 2.24) is 14.8 Å². The third-order valence-corrected chi connectivity index (χ3v) is 7.78. The molecule has 2 aromatic carbocycles. The summed E-state index contributed by atoms with van der Waals surface area (Å²) in [5, 5.41) is 3.04. The van der Waals surface area contributed by atoms with E-state index < -0.39 is 18.1 Å². The maximum atomic E-state index is 13.7. The molecular formula is C27H23N3O4S. The van der Waals surface area contributed by atoms with Gasteiger partial charge in [-0.2, -0.15) is 0 Å². The lowest BCUT2D eigenvalue weighted by Gasteiger charge is -2.47. The van der Waals surface area contributed by atoms with Crippen LogP contribution in [0.3, 0.4) is 0 Å². The van der Waals surface area contributed by atoms with Crippen molar-refractivity contribution in [1.29, 1.82) is 0 Å². The molecular weight excluding hydrogens is 462 g/mol. The Morgan fingerprint density at radius 2 is 1.89 bits per heavy atom. The number of amides is 2. The summed E-state index contributed by atoms with van der Waals surface area (Å²) in [5.74, 6) is -0.541. The van der Waals surface area contributed by atoms with Gasteiger partial charge in [0.25, 0.3) is 0 Å². The van der Waals surface area contributed by atoms with Gasteiger partial charge in [-0.15, -0.1) is 11.3 Å². The number of piperazine rings is 1. The number of methoxy groups -OCH3 is 1. The number of hydrogen-bond acceptors (Lipinski definition) is 5. The molecule has 1 fully saturated rings. The molecule has 4 aromatic rings. The predicted molar refractivity (Wildman–Crippen MR) is 132 cm³/mol. The first kappa shape index (κ1) is 21.6. The van der Waals surface area contributed by atoms with Gasteiger partial charge < -0.3 is 19.5 Å². The number of benzene rings is 2. The molecule has 35 heavy (non-hydrogen) atoms. The van der Waals surface area contributed by atoms with Crippen LogP contribution in [0.2, 0.25) is 0 Å². The van der Waals surface area contributed by atoms with E-state index in [4.69, 9.17) is 4.74 Å². The summed E-state index contributed by atoms with van der Waals surface area (Å²) < 4.78 is 4.83. The van der Waals surface area contributed by atoms with E-state index in [2.05, 4.69) is 11.1 Å². The number of ether oxygens (including phenoxy) is 1. The van der Waals surface area contributed by atoms with Crippen molar-refractivity contribution in [2.24, 2.45) is 0 Å². The molecule has 0 radical (unpaired) electrons. The number of esters is 1. The lowest BCUT2D eigenvalue weighted by molar-refractivity contribution is -0.159. The minimum Gasteiger partial charge on any atom is -0.465 e. The molecule has 0 saturated carbocycles. The van der Waals surface area contributed by atoms with E-state index in [1.165, 1.54) is 7.11 Å². The lowest BCUT2D eigenvalue weighted by Crippen LogP contribution is -2.62. The van der Waals surface area contributed by atoms with Crippen LogP contribution in [0.5, 0.6) is 0 Å². The number of hydrogen-bond donors (Lipinski definition) is 1. The van der Waals surface area contributed by atoms with Crippen LogP contribution in [0.25, 0.3) is 10.9 Å². The summed E-state index contributed by atoms with van der Waals surface area (Å²) in [6, 6.07) is 18.0. The number of H-pyrrole nitrogens is 1. The number of nitrogens with zero attached hydrogens (tertiary/aromatic N) is 2. The lowest BCUT2D eigenvalue weighted by atomic mass is 9.86. The van der Waals surface area contributed by atoms with Gasteiger partial charge in [-0.1, -0.05) is 36.4 Å². The zero-order valence-corrected chi connectivity index (χ0v) is 19.9. The van der Waals surface area contributed by atoms with Crippen molar-refractivity contribution < 1.29 is 19.1 Å². The fourth-order valence-corrected chi connectivity index (χ4v) is 6.03. The summed E-state index contributed by atoms with van der Waals surface area (Å²) in [4.78, 5) is 47.3. The molecule has 4 heterocycles. The van der Waals surface area contributed by atoms with Gasteiger partial charge in [-0.3, -0.25) is 9.59 Å². The number of fused-ring (bicyclic) bond motifs is 4. The van der Waals surface area contributed by atoms with Gasteiger partial charge in [-0.25, -0.2) is 4.79 Å². The number of para-hydroxylation sites is 1. The van der Waals surface area contributed by atoms with Crippen LogP contribution in [0, 0.1) is 0 Å². The van der Waals surface area contributed by atoms with E-state index in [1.54, 1.807) is 33.3 Å². The molecule has 7 nitrogen and oxygen atoms in total. The summed E-state index contributed by atoms with van der Waals surface area (Å²) >= 11 is 1.58. The predicted octanol–water partition coefficient (Wildman–Crippen LogP) is 3.90. The van der Waals surface area contributed by atoms with Crippen LogP contribution in [-0.2, 0) is 27.3 Å². The van der Waals surface area contributed by atoms with Crippen molar-refractivity contribution in [2.75, 3.05) is 13.7 Å². The number of nitrogens with one attached hydrogen (secondary N) is 1. The van der Waals surface area contributed by atoms with Crippen LogP contribution < -0.4 is 0 Å². The highest BCUT2D eigenvalue weighted by Gasteiger charge is 2.48. The number of rotatable bonds is 4. The minimum atomic E-state index is -0.590. The van der Waals surface area contributed by atoms with E-state index in [0.717, 1.165) is 32.6 Å². The van der Waals surface area contributed by atoms with E-state index in [9.17, 15) is 14.4 Å². The second kappa shape index (κ2) is 8.39. The Hall–Kier alpha value is -3.91. The molecule has 2 unspecified atom stereocenters. The quantitative estimate of drug-likeness (QED) is 0.445. The Labute approximate surface area is 205 Å². The van der Waals surface area contributed by atoms with Crippen molar-refractivity contribution >= 4 is 40.0 Å².